The van der Waals surface area contributed by atoms with Gasteiger partial charge in [-0.05, 0) is 35.4 Å². The molecule has 4 rings (SSSR count). The summed E-state index contributed by atoms with van der Waals surface area (Å²) in [6.07, 6.45) is -3.50. The summed E-state index contributed by atoms with van der Waals surface area (Å²) in [4.78, 5) is 9.61. The fourth-order valence-electron chi connectivity index (χ4n) is 3.39. The fraction of sp³-hybridized carbons (Fsp3) is 0.273. The maximum absolute atomic E-state index is 14.1. The number of hydrogen-bond donors (Lipinski definition) is 1. The first kappa shape index (κ1) is 23.8. The van der Waals surface area contributed by atoms with Crippen LogP contribution >= 0.6 is 11.6 Å². The predicted molar refractivity (Wildman–Crippen MR) is 117 cm³/mol. The number of rotatable bonds is 5. The van der Waals surface area contributed by atoms with Gasteiger partial charge in [0.15, 0.2) is 11.6 Å². The van der Waals surface area contributed by atoms with E-state index in [4.69, 9.17) is 16.3 Å². The van der Waals surface area contributed by atoms with Gasteiger partial charge in [0.1, 0.15) is 5.75 Å². The molecule has 1 saturated heterocycles. The van der Waals surface area contributed by atoms with Crippen molar-refractivity contribution >= 4 is 23.4 Å². The number of hydrogen-bond acceptors (Lipinski definition) is 7. The van der Waals surface area contributed by atoms with Gasteiger partial charge in [-0.1, -0.05) is 23.7 Å². The summed E-state index contributed by atoms with van der Waals surface area (Å²) in [5.74, 6) is -0.864. The van der Waals surface area contributed by atoms with E-state index in [1.807, 2.05) is 0 Å². The molecule has 178 valence electrons. The van der Waals surface area contributed by atoms with Gasteiger partial charge in [-0.3, -0.25) is 0 Å². The molecular formula is C22H18ClF4N5O2. The highest BCUT2D eigenvalue weighted by atomic mass is 35.5. The predicted octanol–water partition coefficient (Wildman–Crippen LogP) is 5.78. The van der Waals surface area contributed by atoms with E-state index >= 15 is 0 Å². The minimum Gasteiger partial charge on any atom is -0.506 e. The Bertz CT molecular complexity index is 1220. The summed E-state index contributed by atoms with van der Waals surface area (Å²) >= 11 is 6.09. The van der Waals surface area contributed by atoms with Crippen molar-refractivity contribution in [3.63, 3.8) is 0 Å². The standard InChI is InChI=1S/C22H18ClF4N5O2/c23-17-10-14(13-2-1-3-16(9-13)22(25,26)27)8-15(19(17)33)11-29-31-21-28-12-18(24)20(30-21)32-4-6-34-7-5-32/h1-3,8-10,12,33H,4-7,11H2. The van der Waals surface area contributed by atoms with Gasteiger partial charge in [0, 0.05) is 18.7 Å². The van der Waals surface area contributed by atoms with Gasteiger partial charge >= 0.3 is 6.18 Å². The number of halogens is 5. The van der Waals surface area contributed by atoms with Gasteiger partial charge in [-0.15, -0.1) is 5.11 Å². The number of phenolic OH excluding ortho intramolecular Hbond substituents is 1. The molecular weight excluding hydrogens is 478 g/mol. The highest BCUT2D eigenvalue weighted by molar-refractivity contribution is 6.32. The Morgan fingerprint density at radius 1 is 1.12 bits per heavy atom. The number of alkyl halides is 3. The molecule has 0 unspecified atom stereocenters. The normalized spacial score (nSPS) is 14.7. The Labute approximate surface area is 196 Å². The SMILES string of the molecule is Oc1c(Cl)cc(-c2cccc(C(F)(F)F)c2)cc1CN=Nc1ncc(F)c(N2CCOCC2)n1. The van der Waals surface area contributed by atoms with E-state index in [1.165, 1.54) is 24.3 Å². The van der Waals surface area contributed by atoms with Crippen LogP contribution in [0, 0.1) is 5.82 Å². The first-order chi connectivity index (χ1) is 16.2. The minimum atomic E-state index is -4.50. The van der Waals surface area contributed by atoms with Crippen LogP contribution in [-0.2, 0) is 17.5 Å². The zero-order valence-electron chi connectivity index (χ0n) is 17.6. The minimum absolute atomic E-state index is 0.0484. The van der Waals surface area contributed by atoms with Gasteiger partial charge < -0.3 is 14.7 Å². The van der Waals surface area contributed by atoms with Crippen molar-refractivity contribution in [1.29, 1.82) is 0 Å². The average Bonchev–Trinajstić information content (AvgIpc) is 2.83. The van der Waals surface area contributed by atoms with E-state index in [2.05, 4.69) is 20.2 Å². The summed E-state index contributed by atoms with van der Waals surface area (Å²) in [5.41, 5.74) is 0.0674. The van der Waals surface area contributed by atoms with Crippen molar-refractivity contribution in [1.82, 2.24) is 9.97 Å². The smallest absolute Gasteiger partial charge is 0.416 e. The van der Waals surface area contributed by atoms with E-state index < -0.39 is 17.6 Å². The molecule has 7 nitrogen and oxygen atoms in total. The molecule has 1 aromatic heterocycles. The van der Waals surface area contributed by atoms with Crippen LogP contribution in [0.5, 0.6) is 5.75 Å². The van der Waals surface area contributed by atoms with E-state index in [9.17, 15) is 22.7 Å². The van der Waals surface area contributed by atoms with Crippen LogP contribution < -0.4 is 4.90 Å². The number of benzene rings is 2. The first-order valence-electron chi connectivity index (χ1n) is 10.1. The second kappa shape index (κ2) is 9.90. The summed E-state index contributed by atoms with van der Waals surface area (Å²) in [6.45, 7) is 1.68. The molecule has 1 aliphatic heterocycles. The monoisotopic (exact) mass is 495 g/mol. The van der Waals surface area contributed by atoms with Gasteiger partial charge in [-0.25, -0.2) is 9.37 Å². The summed E-state index contributed by atoms with van der Waals surface area (Å²) in [7, 11) is 0. The van der Waals surface area contributed by atoms with Crippen molar-refractivity contribution in [3.8, 4) is 16.9 Å². The number of aromatic nitrogens is 2. The molecule has 1 aliphatic rings. The van der Waals surface area contributed by atoms with Crippen molar-refractivity contribution < 1.29 is 27.4 Å². The molecule has 0 spiro atoms. The number of azo groups is 1. The van der Waals surface area contributed by atoms with E-state index in [1.54, 1.807) is 4.90 Å². The van der Waals surface area contributed by atoms with Crippen LogP contribution in [0.1, 0.15) is 11.1 Å². The maximum Gasteiger partial charge on any atom is 0.416 e. The van der Waals surface area contributed by atoms with Gasteiger partial charge in [0.25, 0.3) is 5.95 Å². The number of anilines is 1. The summed E-state index contributed by atoms with van der Waals surface area (Å²) < 4.78 is 58.6. The largest absolute Gasteiger partial charge is 0.506 e. The molecule has 3 aromatic rings. The topological polar surface area (TPSA) is 83.2 Å². The number of aromatic hydroxyl groups is 1. The number of phenols is 1. The van der Waals surface area contributed by atoms with Gasteiger partial charge in [-0.2, -0.15) is 23.3 Å². The third-order valence-electron chi connectivity index (χ3n) is 5.09. The fourth-order valence-corrected chi connectivity index (χ4v) is 3.63. The molecule has 0 saturated carbocycles. The highest BCUT2D eigenvalue weighted by Gasteiger charge is 2.30. The lowest BCUT2D eigenvalue weighted by molar-refractivity contribution is -0.137. The van der Waals surface area contributed by atoms with Crippen LogP contribution in [-0.4, -0.2) is 41.4 Å². The van der Waals surface area contributed by atoms with Crippen LogP contribution in [0.25, 0.3) is 11.1 Å². The number of ether oxygens (including phenoxy) is 1. The van der Waals surface area contributed by atoms with Crippen LogP contribution in [0.3, 0.4) is 0 Å². The molecule has 1 N–H and O–H groups in total. The Kier molecular flexibility index (Phi) is 6.94. The molecule has 12 heteroatoms. The second-order valence-corrected chi connectivity index (χ2v) is 7.79. The zero-order chi connectivity index (χ0) is 24.3. The van der Waals surface area contributed by atoms with Crippen molar-refractivity contribution in [3.05, 3.63) is 64.6 Å². The molecule has 0 radical (unpaired) electrons. The van der Waals surface area contributed by atoms with Crippen LogP contribution in [0.2, 0.25) is 5.02 Å². The lowest BCUT2D eigenvalue weighted by Crippen LogP contribution is -2.37. The molecule has 0 atom stereocenters. The Morgan fingerprint density at radius 2 is 1.88 bits per heavy atom. The van der Waals surface area contributed by atoms with Crippen molar-refractivity contribution in [2.75, 3.05) is 31.2 Å². The van der Waals surface area contributed by atoms with E-state index in [-0.39, 0.29) is 40.2 Å². The molecule has 0 aliphatic carbocycles. The summed E-state index contributed by atoms with van der Waals surface area (Å²) in [6, 6.07) is 7.59. The van der Waals surface area contributed by atoms with Gasteiger partial charge in [0.2, 0.25) is 0 Å². The molecule has 1 fully saturated rings. The number of nitrogens with zero attached hydrogens (tertiary/aromatic N) is 5. The third-order valence-corrected chi connectivity index (χ3v) is 5.38. The van der Waals surface area contributed by atoms with Crippen molar-refractivity contribution in [2.24, 2.45) is 10.2 Å². The van der Waals surface area contributed by atoms with Gasteiger partial charge in [0.05, 0.1) is 36.5 Å². The van der Waals surface area contributed by atoms with E-state index in [0.29, 0.717) is 31.9 Å². The summed E-state index contributed by atoms with van der Waals surface area (Å²) in [5, 5.41) is 18.1. The Morgan fingerprint density at radius 3 is 2.62 bits per heavy atom. The highest BCUT2D eigenvalue weighted by Crippen LogP contribution is 2.36. The second-order valence-electron chi connectivity index (χ2n) is 7.38. The van der Waals surface area contributed by atoms with Crippen LogP contribution in [0.15, 0.2) is 52.8 Å². The lowest BCUT2D eigenvalue weighted by atomic mass is 10.0. The zero-order valence-corrected chi connectivity index (χ0v) is 18.3. The first-order valence-corrected chi connectivity index (χ1v) is 10.5. The maximum atomic E-state index is 14.1. The Balaban J connectivity index is 1.56. The average molecular weight is 496 g/mol. The molecule has 2 heterocycles. The molecule has 0 amide bonds. The lowest BCUT2D eigenvalue weighted by Gasteiger charge is -2.27. The number of morpholine rings is 1. The molecule has 2 aromatic carbocycles. The molecule has 0 bridgehead atoms. The quantitative estimate of drug-likeness (QED) is 0.358. The van der Waals surface area contributed by atoms with Crippen LogP contribution in [0.4, 0.5) is 29.3 Å². The van der Waals surface area contributed by atoms with E-state index in [0.717, 1.165) is 18.3 Å². The molecule has 34 heavy (non-hydrogen) atoms. The Hall–Kier alpha value is -3.31. The third kappa shape index (κ3) is 5.42. The van der Waals surface area contributed by atoms with Crippen molar-refractivity contribution in [2.45, 2.75) is 12.7 Å².